The second-order valence-electron chi connectivity index (χ2n) is 26.7. The Labute approximate surface area is 576 Å². The molecule has 6 nitrogen and oxygen atoms in total. The van der Waals surface area contributed by atoms with Crippen molar-refractivity contribution in [2.75, 3.05) is 0 Å². The molecule has 0 amide bonds. The fraction of sp³-hybridized carbons (Fsp3) is 0.0213. The van der Waals surface area contributed by atoms with Gasteiger partial charge in [0.2, 0.25) is 5.69 Å². The van der Waals surface area contributed by atoms with Gasteiger partial charge >= 0.3 is 0 Å². The predicted octanol–water partition coefficient (Wildman–Crippen LogP) is 23.2. The largest absolute Gasteiger partial charge is 0.318 e. The van der Waals surface area contributed by atoms with E-state index in [9.17, 15) is 11.8 Å². The number of hydrogen-bond donors (Lipinski definition) is 0. The summed E-state index contributed by atoms with van der Waals surface area (Å²) in [5, 5.41) is 21.4. The Morgan fingerprint density at radius 1 is 0.250 bits per heavy atom. The molecule has 0 N–H and O–H groups in total. The van der Waals surface area contributed by atoms with E-state index in [1.807, 2.05) is 0 Å². The first kappa shape index (κ1) is 55.7. The third-order valence-electron chi connectivity index (χ3n) is 22.2. The van der Waals surface area contributed by atoms with E-state index in [2.05, 4.69) is 364 Å². The second-order valence-corrected chi connectivity index (χ2v) is 26.7. The average Bonchev–Trinajstić information content (AvgIpc) is 1.51. The molecule has 21 rings (SSSR count). The van der Waals surface area contributed by atoms with Crippen molar-refractivity contribution >= 4 is 92.9 Å². The molecule has 2 aliphatic carbocycles. The number of benzene rings is 15. The van der Waals surface area contributed by atoms with E-state index in [-0.39, 0.29) is 0 Å². The highest BCUT2D eigenvalue weighted by molar-refractivity contribution is 6.18. The van der Waals surface area contributed by atoms with Crippen LogP contribution in [0.15, 0.2) is 340 Å². The number of nitriles is 1. The molecule has 6 heteroatoms. The molecule has 4 heterocycles. The maximum atomic E-state index is 13.2. The first-order valence-electron chi connectivity index (χ1n) is 34.2. The Bertz CT molecular complexity index is 6310. The highest BCUT2D eigenvalue weighted by atomic mass is 15.1. The zero-order chi connectivity index (χ0) is 66.0. The van der Waals surface area contributed by atoms with Crippen LogP contribution in [0.1, 0.15) is 50.1 Å². The number of para-hydroxylation sites is 6. The number of aromatic nitrogens is 4. The molecule has 0 saturated carbocycles. The molecule has 15 aromatic carbocycles. The summed E-state index contributed by atoms with van der Waals surface area (Å²) < 4.78 is 9.42. The molecular weight excluding hydrogens is 1210 g/mol. The van der Waals surface area contributed by atoms with Gasteiger partial charge in [0, 0.05) is 43.1 Å². The number of nitrogens with zero attached hydrogens (tertiary/aromatic N) is 6. The zero-order valence-electron chi connectivity index (χ0n) is 54.0. The van der Waals surface area contributed by atoms with Crippen LogP contribution in [0.5, 0.6) is 0 Å². The highest BCUT2D eigenvalue weighted by Crippen LogP contribution is 2.61. The van der Waals surface area contributed by atoms with E-state index < -0.39 is 10.8 Å². The van der Waals surface area contributed by atoms with Crippen LogP contribution >= 0.6 is 0 Å². The predicted molar refractivity (Wildman–Crippen MR) is 409 cm³/mol. The zero-order valence-corrected chi connectivity index (χ0v) is 54.0. The molecule has 0 radical (unpaired) electrons. The summed E-state index contributed by atoms with van der Waals surface area (Å²) >= 11 is 0. The summed E-state index contributed by atoms with van der Waals surface area (Å²) in [6, 6.07) is 126. The van der Waals surface area contributed by atoms with Crippen molar-refractivity contribution in [3.05, 3.63) is 401 Å². The van der Waals surface area contributed by atoms with E-state index >= 15 is 0 Å². The van der Waals surface area contributed by atoms with Crippen LogP contribution in [0.4, 0.5) is 5.69 Å². The third-order valence-corrected chi connectivity index (χ3v) is 22.2. The molecule has 0 bridgehead atoms. The van der Waals surface area contributed by atoms with Crippen LogP contribution < -0.4 is 0 Å². The Hall–Kier alpha value is -13.5. The topological polar surface area (TPSA) is 47.9 Å². The van der Waals surface area contributed by atoms with Crippen LogP contribution in [-0.2, 0) is 10.8 Å². The molecule has 0 fully saturated rings. The van der Waals surface area contributed by atoms with Crippen molar-refractivity contribution in [3.8, 4) is 51.1 Å². The van der Waals surface area contributed by atoms with E-state index in [1.54, 1.807) is 0 Å². The Balaban J connectivity index is 1.01. The molecule has 0 atom stereocenters. The van der Waals surface area contributed by atoms with Gasteiger partial charge < -0.3 is 18.3 Å². The molecule has 0 unspecified atom stereocenters. The first-order chi connectivity index (χ1) is 49.6. The molecule has 2 aliphatic rings. The van der Waals surface area contributed by atoms with Crippen molar-refractivity contribution in [3.63, 3.8) is 0 Å². The van der Waals surface area contributed by atoms with Crippen molar-refractivity contribution in [1.82, 2.24) is 18.3 Å². The molecular formula is C94H56N6. The van der Waals surface area contributed by atoms with Crippen LogP contribution in [0.3, 0.4) is 0 Å². The Morgan fingerprint density at radius 2 is 0.530 bits per heavy atom. The van der Waals surface area contributed by atoms with Gasteiger partial charge in [-0.25, -0.2) is 4.85 Å². The van der Waals surface area contributed by atoms with Crippen molar-refractivity contribution in [2.45, 2.75) is 10.8 Å². The van der Waals surface area contributed by atoms with Gasteiger partial charge in [-0.3, -0.25) is 0 Å². The first-order valence-corrected chi connectivity index (χ1v) is 34.2. The lowest BCUT2D eigenvalue weighted by molar-refractivity contribution is 0.769. The van der Waals surface area contributed by atoms with Gasteiger partial charge in [-0.1, -0.05) is 279 Å². The monoisotopic (exact) mass is 1270 g/mol. The number of rotatable bonds is 8. The van der Waals surface area contributed by atoms with Gasteiger partial charge in [0.25, 0.3) is 0 Å². The van der Waals surface area contributed by atoms with Gasteiger partial charge in [0.05, 0.1) is 89.8 Å². The lowest BCUT2D eigenvalue weighted by Gasteiger charge is -2.34. The normalized spacial score (nSPS) is 13.3. The summed E-state index contributed by atoms with van der Waals surface area (Å²) in [4.78, 5) is 4.99. The maximum Gasteiger partial charge on any atom is 0.237 e. The quantitative estimate of drug-likeness (QED) is 0.140. The van der Waals surface area contributed by atoms with E-state index in [0.29, 0.717) is 34.0 Å². The van der Waals surface area contributed by atoms with Crippen molar-refractivity contribution in [2.24, 2.45) is 0 Å². The number of fused-ring (bicyclic) bond motifs is 18. The molecule has 19 aromatic rings. The second kappa shape index (κ2) is 21.0. The smallest absolute Gasteiger partial charge is 0.237 e. The summed E-state index contributed by atoms with van der Waals surface area (Å²) in [5.74, 6) is 0. The fourth-order valence-electron chi connectivity index (χ4n) is 18.4. The van der Waals surface area contributed by atoms with Crippen molar-refractivity contribution < 1.29 is 0 Å². The highest BCUT2D eigenvalue weighted by Gasteiger charge is 2.49. The minimum absolute atomic E-state index is 0.334. The minimum atomic E-state index is -0.689. The molecule has 462 valence electrons. The third kappa shape index (κ3) is 7.17. The van der Waals surface area contributed by atoms with Gasteiger partial charge in [-0.15, -0.1) is 0 Å². The van der Waals surface area contributed by atoms with Crippen LogP contribution in [-0.4, -0.2) is 18.3 Å². The lowest BCUT2D eigenvalue weighted by Crippen LogP contribution is -2.28. The van der Waals surface area contributed by atoms with Gasteiger partial charge in [-0.2, -0.15) is 5.26 Å². The SMILES string of the molecule is [C-]#[N+]c1c(-n2c3ccccc3c3ccccc32)c(C#N)c(-n2c3ccccc3c3cc4c(cc32)-c2ccccc2C4(c2ccccc2)c2ccccc2)c(-n2c3ccccc3c3ccccc32)c1-n1c2ccccc2c2cc3c(cc21)-c1ccccc1C3(c1ccccc1)c1ccccc1. The fourth-order valence-corrected chi connectivity index (χ4v) is 18.4. The average molecular weight is 1270 g/mol. The maximum absolute atomic E-state index is 13.2. The van der Waals surface area contributed by atoms with Crippen LogP contribution in [0, 0.1) is 17.9 Å². The summed E-state index contributed by atoms with van der Waals surface area (Å²) in [6.45, 7) is 10.3. The van der Waals surface area contributed by atoms with Gasteiger partial charge in [0.15, 0.2) is 0 Å². The Kier molecular flexibility index (Phi) is 11.7. The van der Waals surface area contributed by atoms with Crippen LogP contribution in [0.25, 0.3) is 137 Å². The standard InChI is InChI=1S/C94H56N6/c1-96-88-89(97-80-48-24-16-40-65(80)66-41-17-25-49-81(66)97)75(58-95)90(99-84-52-28-20-44-69(84)73-54-78-71(56-86(73)99)63-38-14-22-46-76(63)93(78,59-30-6-2-7-31-59)60-32-8-3-9-33-60)92(98-82-50-26-18-42-67(82)68-43-19-27-51-83(68)98)91(88)100-85-53-29-21-45-70(85)74-55-79-72(57-87(74)100)64-39-15-23-47-77(64)94(79,61-34-10-4-11-35-61)62-36-12-5-13-37-62/h2-57H. The van der Waals surface area contributed by atoms with Gasteiger partial charge in [0.1, 0.15) is 6.07 Å². The van der Waals surface area contributed by atoms with Crippen molar-refractivity contribution in [1.29, 1.82) is 5.26 Å². The minimum Gasteiger partial charge on any atom is -0.318 e. The Morgan fingerprint density at radius 3 is 0.870 bits per heavy atom. The van der Waals surface area contributed by atoms with E-state index in [1.165, 1.54) is 44.5 Å². The molecule has 0 aliphatic heterocycles. The summed E-state index contributed by atoms with van der Waals surface area (Å²) in [6.07, 6.45) is 0. The molecule has 0 saturated heterocycles. The molecule has 4 aromatic heterocycles. The number of hydrogen-bond acceptors (Lipinski definition) is 1. The summed E-state index contributed by atoms with van der Waals surface area (Å²) in [7, 11) is 0. The van der Waals surface area contributed by atoms with E-state index in [4.69, 9.17) is 4.85 Å². The summed E-state index contributed by atoms with van der Waals surface area (Å²) in [5.41, 5.74) is 23.1. The lowest BCUT2D eigenvalue weighted by atomic mass is 9.67. The van der Waals surface area contributed by atoms with Gasteiger partial charge in [-0.05, 0) is 127 Å². The van der Waals surface area contributed by atoms with Crippen LogP contribution in [0.2, 0.25) is 0 Å². The molecule has 100 heavy (non-hydrogen) atoms. The molecule has 0 spiro atoms. The van der Waals surface area contributed by atoms with E-state index in [0.717, 1.165) is 109 Å².